The number of unbranched alkanes of at least 4 members (excludes halogenated alkanes) is 3. The van der Waals surface area contributed by atoms with Crippen LogP contribution in [0.15, 0.2) is 41.8 Å². The van der Waals surface area contributed by atoms with Crippen molar-refractivity contribution in [3.8, 4) is 0 Å². The Morgan fingerprint density at radius 2 is 1.84 bits per heavy atom. The molecule has 7 heteroatoms. The molecule has 0 N–H and O–H groups in total. The molecule has 0 bridgehead atoms. The molecule has 1 aliphatic carbocycles. The number of hydrogen-bond donors (Lipinski definition) is 0. The number of anilines is 1. The maximum Gasteiger partial charge on any atom is 0.308 e. The molecule has 38 heavy (non-hydrogen) atoms. The van der Waals surface area contributed by atoms with Crippen LogP contribution in [0.25, 0.3) is 10.2 Å². The van der Waals surface area contributed by atoms with Crippen LogP contribution in [0.5, 0.6) is 0 Å². The van der Waals surface area contributed by atoms with E-state index in [9.17, 15) is 14.4 Å². The third kappa shape index (κ3) is 6.73. The highest BCUT2D eigenvalue weighted by Gasteiger charge is 2.29. The van der Waals surface area contributed by atoms with Gasteiger partial charge in [-0.05, 0) is 80.2 Å². The van der Waals surface area contributed by atoms with Crippen molar-refractivity contribution >= 4 is 44.9 Å². The Labute approximate surface area is 230 Å². The van der Waals surface area contributed by atoms with Crippen molar-refractivity contribution < 1.29 is 19.1 Å². The SMILES string of the molecule is CCCCCCN(C(=O)Cn1c(C(=O)CC2CCC(C(=O)OC)CC2)cc2sccc21)c1cccc(C)c1. The van der Waals surface area contributed by atoms with E-state index in [4.69, 9.17) is 4.74 Å². The Balaban J connectivity index is 1.51. The van der Waals surface area contributed by atoms with Gasteiger partial charge < -0.3 is 14.2 Å². The van der Waals surface area contributed by atoms with Crippen molar-refractivity contribution in [1.29, 1.82) is 0 Å². The van der Waals surface area contributed by atoms with E-state index in [2.05, 4.69) is 13.0 Å². The van der Waals surface area contributed by atoms with Gasteiger partial charge in [0, 0.05) is 18.7 Å². The average molecular weight is 537 g/mol. The summed E-state index contributed by atoms with van der Waals surface area (Å²) in [7, 11) is 1.43. The minimum absolute atomic E-state index is 0.00318. The van der Waals surface area contributed by atoms with Gasteiger partial charge >= 0.3 is 5.97 Å². The number of ketones is 1. The first-order valence-electron chi connectivity index (χ1n) is 14.0. The van der Waals surface area contributed by atoms with Crippen LogP contribution in [0, 0.1) is 18.8 Å². The molecule has 0 aliphatic heterocycles. The number of amides is 1. The number of carbonyl (C=O) groups is 3. The second-order valence-electron chi connectivity index (χ2n) is 10.6. The maximum absolute atomic E-state index is 13.8. The standard InChI is InChI=1S/C31H40N2O4S/c1-4-5-6-7-16-32(25-10-8-9-22(2)18-25)30(35)21-33-26-15-17-38-29(26)20-27(33)28(34)19-23-11-13-24(14-12-23)31(36)37-3/h8-10,15,17-18,20,23-24H,4-7,11-14,16,19,21H2,1-3H3. The Morgan fingerprint density at radius 1 is 1.05 bits per heavy atom. The molecule has 204 valence electrons. The first-order valence-corrected chi connectivity index (χ1v) is 14.8. The monoisotopic (exact) mass is 536 g/mol. The van der Waals surface area contributed by atoms with Crippen LogP contribution in [0.2, 0.25) is 0 Å². The molecule has 1 saturated carbocycles. The molecular formula is C31H40N2O4S. The lowest BCUT2D eigenvalue weighted by Gasteiger charge is -2.27. The molecule has 0 saturated heterocycles. The Bertz CT molecular complexity index is 1250. The molecule has 0 radical (unpaired) electrons. The number of rotatable bonds is 12. The minimum atomic E-state index is -0.143. The second-order valence-corrected chi connectivity index (χ2v) is 11.5. The summed E-state index contributed by atoms with van der Waals surface area (Å²) in [4.78, 5) is 41.1. The number of carbonyl (C=O) groups excluding carboxylic acids is 3. The molecule has 1 aliphatic rings. The number of methoxy groups -OCH3 is 1. The number of ether oxygens (including phenoxy) is 1. The molecule has 1 aromatic carbocycles. The smallest absolute Gasteiger partial charge is 0.308 e. The summed E-state index contributed by atoms with van der Waals surface area (Å²) in [5.41, 5.74) is 3.59. The molecule has 2 aromatic heterocycles. The first-order chi connectivity index (χ1) is 18.4. The van der Waals surface area contributed by atoms with Gasteiger partial charge in [-0.25, -0.2) is 0 Å². The number of nitrogens with zero attached hydrogens (tertiary/aromatic N) is 2. The van der Waals surface area contributed by atoms with Crippen LogP contribution in [-0.4, -0.2) is 35.9 Å². The molecule has 1 amide bonds. The summed E-state index contributed by atoms with van der Waals surface area (Å²) in [5.74, 6) is 0.137. The predicted molar refractivity (Wildman–Crippen MR) is 154 cm³/mol. The zero-order valence-corrected chi connectivity index (χ0v) is 23.7. The molecule has 0 atom stereocenters. The number of benzene rings is 1. The van der Waals surface area contributed by atoms with E-state index < -0.39 is 0 Å². The van der Waals surface area contributed by atoms with E-state index in [1.807, 2.05) is 52.1 Å². The van der Waals surface area contributed by atoms with Crippen molar-refractivity contribution in [1.82, 2.24) is 4.57 Å². The van der Waals surface area contributed by atoms with Gasteiger partial charge in [-0.15, -0.1) is 11.3 Å². The fourth-order valence-electron chi connectivity index (χ4n) is 5.63. The third-order valence-electron chi connectivity index (χ3n) is 7.81. The Kier molecular flexibility index (Phi) is 9.78. The number of aromatic nitrogens is 1. The summed E-state index contributed by atoms with van der Waals surface area (Å²) in [6, 6.07) is 12.0. The van der Waals surface area contributed by atoms with Gasteiger partial charge in [0.1, 0.15) is 6.54 Å². The topological polar surface area (TPSA) is 68.6 Å². The van der Waals surface area contributed by atoms with Crippen LogP contribution in [-0.2, 0) is 20.9 Å². The lowest BCUT2D eigenvalue weighted by molar-refractivity contribution is -0.146. The molecule has 1 fully saturated rings. The quantitative estimate of drug-likeness (QED) is 0.140. The number of esters is 1. The zero-order chi connectivity index (χ0) is 27.1. The van der Waals surface area contributed by atoms with Crippen molar-refractivity contribution in [2.75, 3.05) is 18.6 Å². The van der Waals surface area contributed by atoms with E-state index in [1.54, 1.807) is 11.3 Å². The number of Topliss-reactive ketones (excluding diaryl/α,β-unsaturated/α-hetero) is 1. The van der Waals surface area contributed by atoms with E-state index in [0.29, 0.717) is 18.7 Å². The molecule has 4 rings (SSSR count). The summed E-state index contributed by atoms with van der Waals surface area (Å²) in [6.07, 6.45) is 8.01. The van der Waals surface area contributed by atoms with Crippen molar-refractivity contribution in [2.45, 2.75) is 78.2 Å². The lowest BCUT2D eigenvalue weighted by Crippen LogP contribution is -2.35. The summed E-state index contributed by atoms with van der Waals surface area (Å²) >= 11 is 1.60. The molecule has 2 heterocycles. The minimum Gasteiger partial charge on any atom is -0.469 e. The second kappa shape index (κ2) is 13.2. The highest BCUT2D eigenvalue weighted by atomic mass is 32.1. The number of aryl methyl sites for hydroxylation is 1. The van der Waals surface area contributed by atoms with Gasteiger partial charge in [0.25, 0.3) is 0 Å². The molecule has 0 spiro atoms. The van der Waals surface area contributed by atoms with Crippen molar-refractivity contribution in [3.05, 3.63) is 53.0 Å². The fourth-order valence-corrected chi connectivity index (χ4v) is 6.45. The molecular weight excluding hydrogens is 496 g/mol. The van der Waals surface area contributed by atoms with E-state index in [0.717, 1.165) is 72.8 Å². The van der Waals surface area contributed by atoms with Crippen LogP contribution in [0.1, 0.15) is 80.8 Å². The van der Waals surface area contributed by atoms with Crippen molar-refractivity contribution in [2.24, 2.45) is 11.8 Å². The van der Waals surface area contributed by atoms with E-state index in [1.165, 1.54) is 7.11 Å². The highest BCUT2D eigenvalue weighted by molar-refractivity contribution is 7.17. The molecule has 0 unspecified atom stereocenters. The van der Waals surface area contributed by atoms with Crippen molar-refractivity contribution in [3.63, 3.8) is 0 Å². The fraction of sp³-hybridized carbons (Fsp3) is 0.516. The number of thiophene rings is 1. The van der Waals surface area contributed by atoms with Crippen LogP contribution < -0.4 is 4.90 Å². The third-order valence-corrected chi connectivity index (χ3v) is 8.66. The molecule has 6 nitrogen and oxygen atoms in total. The van der Waals surface area contributed by atoms with Gasteiger partial charge in [0.15, 0.2) is 5.78 Å². The zero-order valence-electron chi connectivity index (χ0n) is 22.9. The normalized spacial score (nSPS) is 17.4. The first kappa shape index (κ1) is 28.1. The summed E-state index contributed by atoms with van der Waals surface area (Å²) < 4.78 is 7.85. The highest BCUT2D eigenvalue weighted by Crippen LogP contribution is 2.34. The van der Waals surface area contributed by atoms with Gasteiger partial charge in [-0.1, -0.05) is 38.3 Å². The number of fused-ring (bicyclic) bond motifs is 1. The van der Waals surface area contributed by atoms with Gasteiger partial charge in [0.05, 0.1) is 28.9 Å². The molecule has 3 aromatic rings. The average Bonchev–Trinajstić information content (AvgIpc) is 3.51. The Hall–Kier alpha value is -2.93. The Morgan fingerprint density at radius 3 is 2.55 bits per heavy atom. The van der Waals surface area contributed by atoms with Crippen LogP contribution >= 0.6 is 11.3 Å². The number of hydrogen-bond acceptors (Lipinski definition) is 5. The van der Waals surface area contributed by atoms with Gasteiger partial charge in [-0.3, -0.25) is 14.4 Å². The summed E-state index contributed by atoms with van der Waals surface area (Å²) in [5, 5.41) is 2.01. The van der Waals surface area contributed by atoms with Crippen LogP contribution in [0.4, 0.5) is 5.69 Å². The van der Waals surface area contributed by atoms with Gasteiger partial charge in [0.2, 0.25) is 5.91 Å². The maximum atomic E-state index is 13.8. The predicted octanol–water partition coefficient (Wildman–Crippen LogP) is 7.18. The van der Waals surface area contributed by atoms with Gasteiger partial charge in [-0.2, -0.15) is 0 Å². The van der Waals surface area contributed by atoms with E-state index >= 15 is 0 Å². The van der Waals surface area contributed by atoms with Crippen LogP contribution in [0.3, 0.4) is 0 Å². The van der Waals surface area contributed by atoms with E-state index in [-0.39, 0.29) is 36.0 Å². The summed E-state index contributed by atoms with van der Waals surface area (Å²) in [6.45, 7) is 5.03. The lowest BCUT2D eigenvalue weighted by atomic mass is 9.79. The largest absolute Gasteiger partial charge is 0.469 e.